The van der Waals surface area contributed by atoms with Crippen molar-refractivity contribution in [3.8, 4) is 0 Å². The number of sulfone groups is 1. The van der Waals surface area contributed by atoms with Crippen molar-refractivity contribution < 1.29 is 31.6 Å². The molecule has 146 valence electrons. The summed E-state index contributed by atoms with van der Waals surface area (Å²) in [7, 11) is -4.93. The highest BCUT2D eigenvalue weighted by Crippen LogP contribution is 2.42. The third kappa shape index (κ3) is 3.38. The summed E-state index contributed by atoms with van der Waals surface area (Å²) in [6.07, 6.45) is 1.59. The van der Waals surface area contributed by atoms with Crippen LogP contribution in [0.4, 0.5) is 19.3 Å². The van der Waals surface area contributed by atoms with Gasteiger partial charge in [0, 0.05) is 0 Å². The molecule has 1 aromatic rings. The maximum Gasteiger partial charge on any atom is 0.341 e. The second-order valence-corrected chi connectivity index (χ2v) is 8.53. The lowest BCUT2D eigenvalue weighted by Gasteiger charge is -2.20. The number of hydrogen-bond donors (Lipinski definition) is 2. The van der Waals surface area contributed by atoms with Crippen LogP contribution in [-0.4, -0.2) is 49.0 Å². The normalized spacial score (nSPS) is 22.9. The number of imide groups is 1. The van der Waals surface area contributed by atoms with E-state index in [9.17, 15) is 31.6 Å². The number of amides is 4. The van der Waals surface area contributed by atoms with E-state index in [4.69, 9.17) is 0 Å². The molecule has 27 heavy (non-hydrogen) atoms. The van der Waals surface area contributed by atoms with Crippen LogP contribution in [0.25, 0.3) is 0 Å². The van der Waals surface area contributed by atoms with Crippen LogP contribution in [0.3, 0.4) is 0 Å². The molecular weight excluding hydrogens is 384 g/mol. The number of benzene rings is 1. The van der Waals surface area contributed by atoms with Gasteiger partial charge in [0.1, 0.15) is 12.1 Å². The molecule has 4 amide bonds. The molecule has 1 atom stereocenters. The fraction of sp³-hybridized carbons (Fsp3) is 0.438. The van der Waals surface area contributed by atoms with Gasteiger partial charge in [0.2, 0.25) is 15.7 Å². The Kier molecular flexibility index (Phi) is 4.66. The van der Waals surface area contributed by atoms with Crippen LogP contribution >= 0.6 is 0 Å². The smallest absolute Gasteiger partial charge is 0.323 e. The predicted molar refractivity (Wildman–Crippen MR) is 89.6 cm³/mol. The van der Waals surface area contributed by atoms with Crippen molar-refractivity contribution >= 4 is 33.4 Å². The average Bonchev–Trinajstić information content (AvgIpc) is 3.41. The lowest BCUT2D eigenvalue weighted by atomic mass is 9.96. The largest absolute Gasteiger partial charge is 0.341 e. The molecule has 8 nitrogen and oxygen atoms in total. The molecule has 0 aromatic heterocycles. The van der Waals surface area contributed by atoms with Crippen molar-refractivity contribution in [1.82, 2.24) is 10.2 Å². The van der Waals surface area contributed by atoms with Crippen LogP contribution in [0.2, 0.25) is 0 Å². The number of carbonyl (C=O) groups is 3. The summed E-state index contributed by atoms with van der Waals surface area (Å²) in [5, 5.41) is 4.76. The summed E-state index contributed by atoms with van der Waals surface area (Å²) in [5.74, 6) is -5.06. The number of anilines is 1. The number of carbonyl (C=O) groups excluding carboxylic acids is 3. The zero-order valence-corrected chi connectivity index (χ0v) is 15.1. The molecule has 1 saturated carbocycles. The second-order valence-electron chi connectivity index (χ2n) is 6.65. The number of alkyl halides is 2. The first-order valence-corrected chi connectivity index (χ1v) is 9.67. The molecule has 1 aliphatic carbocycles. The lowest BCUT2D eigenvalue weighted by molar-refractivity contribution is -0.134. The Morgan fingerprint density at radius 2 is 1.96 bits per heavy atom. The Labute approximate surface area is 153 Å². The SMILES string of the molecule is CC1(C2CC2)NC(=O)N(CC(=O)Nc2ccccc2S(=O)(=O)C(F)F)C1=O. The van der Waals surface area contributed by atoms with Gasteiger partial charge in [-0.2, -0.15) is 8.78 Å². The van der Waals surface area contributed by atoms with Gasteiger partial charge in [0.05, 0.1) is 10.6 Å². The van der Waals surface area contributed by atoms with Crippen LogP contribution in [0, 0.1) is 5.92 Å². The van der Waals surface area contributed by atoms with E-state index in [0.717, 1.165) is 29.9 Å². The van der Waals surface area contributed by atoms with Gasteiger partial charge in [-0.05, 0) is 37.8 Å². The maximum atomic E-state index is 12.8. The summed E-state index contributed by atoms with van der Waals surface area (Å²) < 4.78 is 49.1. The number of hydrogen-bond acceptors (Lipinski definition) is 5. The third-order valence-electron chi connectivity index (χ3n) is 4.70. The topological polar surface area (TPSA) is 113 Å². The van der Waals surface area contributed by atoms with Crippen LogP contribution < -0.4 is 10.6 Å². The Hall–Kier alpha value is -2.56. The van der Waals surface area contributed by atoms with Crippen molar-refractivity contribution in [2.24, 2.45) is 5.92 Å². The molecule has 0 spiro atoms. The summed E-state index contributed by atoms with van der Waals surface area (Å²) >= 11 is 0. The molecule has 2 N–H and O–H groups in total. The van der Waals surface area contributed by atoms with Gasteiger partial charge in [-0.1, -0.05) is 12.1 Å². The molecule has 1 unspecified atom stereocenters. The van der Waals surface area contributed by atoms with Gasteiger partial charge in [0.15, 0.2) is 0 Å². The number of nitrogens with zero attached hydrogens (tertiary/aromatic N) is 1. The number of rotatable bonds is 6. The maximum absolute atomic E-state index is 12.8. The van der Waals surface area contributed by atoms with E-state index in [0.29, 0.717) is 0 Å². The fourth-order valence-electron chi connectivity index (χ4n) is 3.04. The van der Waals surface area contributed by atoms with Gasteiger partial charge >= 0.3 is 11.8 Å². The van der Waals surface area contributed by atoms with Crippen LogP contribution in [0.1, 0.15) is 19.8 Å². The van der Waals surface area contributed by atoms with Crippen LogP contribution in [0.15, 0.2) is 29.2 Å². The first-order valence-electron chi connectivity index (χ1n) is 8.12. The van der Waals surface area contributed by atoms with Gasteiger partial charge in [-0.3, -0.25) is 14.5 Å². The van der Waals surface area contributed by atoms with Gasteiger partial charge in [-0.25, -0.2) is 13.2 Å². The highest BCUT2D eigenvalue weighted by molar-refractivity contribution is 7.91. The molecule has 1 heterocycles. The highest BCUT2D eigenvalue weighted by atomic mass is 32.2. The summed E-state index contributed by atoms with van der Waals surface area (Å²) in [6, 6.07) is 3.96. The molecular formula is C16H17F2N3O5S. The van der Waals surface area contributed by atoms with E-state index in [1.54, 1.807) is 6.92 Å². The zero-order valence-electron chi connectivity index (χ0n) is 14.2. The summed E-state index contributed by atoms with van der Waals surface area (Å²) in [4.78, 5) is 36.8. The second kappa shape index (κ2) is 6.55. The third-order valence-corrected chi connectivity index (χ3v) is 6.14. The number of halogens is 2. The summed E-state index contributed by atoms with van der Waals surface area (Å²) in [5.41, 5.74) is -1.41. The molecule has 1 saturated heterocycles. The fourth-order valence-corrected chi connectivity index (χ4v) is 3.93. The zero-order chi connectivity index (χ0) is 20.0. The van der Waals surface area contributed by atoms with Crippen LogP contribution in [0.5, 0.6) is 0 Å². The Morgan fingerprint density at radius 3 is 2.56 bits per heavy atom. The van der Waals surface area contributed by atoms with Gasteiger partial charge in [-0.15, -0.1) is 0 Å². The Bertz CT molecular complexity index is 916. The highest BCUT2D eigenvalue weighted by Gasteiger charge is 2.56. The minimum atomic E-state index is -4.93. The number of nitrogens with one attached hydrogen (secondary N) is 2. The monoisotopic (exact) mass is 401 g/mol. The standard InChI is InChI=1S/C16H17F2N3O5S/c1-16(9-6-7-9)13(23)21(15(24)20-16)8-12(22)19-10-4-2-3-5-11(10)27(25,26)14(17)18/h2-5,9,14H,6-8H2,1H3,(H,19,22)(H,20,24). The lowest BCUT2D eigenvalue weighted by Crippen LogP contribution is -2.46. The van der Waals surface area contributed by atoms with Crippen molar-refractivity contribution in [3.05, 3.63) is 24.3 Å². The summed E-state index contributed by atoms with van der Waals surface area (Å²) in [6.45, 7) is 0.934. The molecule has 1 aliphatic heterocycles. The molecule has 11 heteroatoms. The molecule has 3 rings (SSSR count). The quantitative estimate of drug-likeness (QED) is 0.699. The molecule has 0 bridgehead atoms. The average molecular weight is 401 g/mol. The molecule has 1 aromatic carbocycles. The first kappa shape index (κ1) is 19.2. The van der Waals surface area contributed by atoms with Gasteiger partial charge < -0.3 is 10.6 Å². The van der Waals surface area contributed by atoms with Crippen molar-refractivity contribution in [1.29, 1.82) is 0 Å². The van der Waals surface area contributed by atoms with E-state index in [2.05, 4.69) is 10.6 Å². The van der Waals surface area contributed by atoms with E-state index in [1.165, 1.54) is 12.1 Å². The predicted octanol–water partition coefficient (Wildman–Crippen LogP) is 1.34. The minimum Gasteiger partial charge on any atom is -0.323 e. The van der Waals surface area contributed by atoms with E-state index < -0.39 is 50.4 Å². The van der Waals surface area contributed by atoms with Crippen molar-refractivity contribution in [3.63, 3.8) is 0 Å². The van der Waals surface area contributed by atoms with Gasteiger partial charge in [0.25, 0.3) is 5.91 Å². The van der Waals surface area contributed by atoms with E-state index in [1.807, 2.05) is 0 Å². The molecule has 2 aliphatic rings. The molecule has 2 fully saturated rings. The minimum absolute atomic E-state index is 0.0129. The molecule has 0 radical (unpaired) electrons. The van der Waals surface area contributed by atoms with Crippen molar-refractivity contribution in [2.45, 2.75) is 36.0 Å². The van der Waals surface area contributed by atoms with E-state index >= 15 is 0 Å². The first-order chi connectivity index (χ1) is 12.6. The Morgan fingerprint density at radius 1 is 1.33 bits per heavy atom. The number of urea groups is 1. The van der Waals surface area contributed by atoms with Crippen molar-refractivity contribution in [2.75, 3.05) is 11.9 Å². The van der Waals surface area contributed by atoms with E-state index in [-0.39, 0.29) is 11.6 Å². The van der Waals surface area contributed by atoms with Crippen LogP contribution in [-0.2, 0) is 19.4 Å². The Balaban J connectivity index is 1.76. The number of para-hydroxylation sites is 1.